The van der Waals surface area contributed by atoms with Crippen LogP contribution in [0.25, 0.3) is 0 Å². The summed E-state index contributed by atoms with van der Waals surface area (Å²) in [5.41, 5.74) is 2.85. The second-order valence-corrected chi connectivity index (χ2v) is 7.48. The Balaban J connectivity index is 1.86. The number of likely N-dealkylation sites (tertiary alicyclic amines) is 1. The van der Waals surface area contributed by atoms with Crippen LogP contribution in [0.5, 0.6) is 0 Å². The minimum absolute atomic E-state index is 0.117. The maximum Gasteiger partial charge on any atom is 0.152 e. The number of aromatic nitrogens is 1. The van der Waals surface area contributed by atoms with E-state index in [2.05, 4.69) is 28.6 Å². The molecule has 1 saturated heterocycles. The van der Waals surface area contributed by atoms with Gasteiger partial charge in [0.25, 0.3) is 0 Å². The molecule has 0 radical (unpaired) electrons. The zero-order chi connectivity index (χ0) is 20.0. The van der Waals surface area contributed by atoms with Gasteiger partial charge in [-0.15, -0.1) is 0 Å². The molecule has 1 aromatic carbocycles. The average molecular weight is 375 g/mol. The van der Waals surface area contributed by atoms with Gasteiger partial charge >= 0.3 is 0 Å². The van der Waals surface area contributed by atoms with Gasteiger partial charge in [0, 0.05) is 49.9 Å². The molecule has 2 heterocycles. The van der Waals surface area contributed by atoms with Gasteiger partial charge in [0.05, 0.1) is 12.3 Å². The first-order valence-electron chi connectivity index (χ1n) is 9.33. The van der Waals surface area contributed by atoms with Gasteiger partial charge in [-0.1, -0.05) is 18.9 Å². The Morgan fingerprint density at radius 2 is 2.18 bits per heavy atom. The summed E-state index contributed by atoms with van der Waals surface area (Å²) < 4.78 is 5.37. The van der Waals surface area contributed by atoms with E-state index >= 15 is 0 Å². The van der Waals surface area contributed by atoms with Crippen molar-refractivity contribution >= 4 is 17.8 Å². The number of amidine groups is 1. The van der Waals surface area contributed by atoms with Crippen LogP contribution in [0.2, 0.25) is 0 Å². The van der Waals surface area contributed by atoms with Gasteiger partial charge in [0.1, 0.15) is 11.5 Å². The number of hydrogen-bond donors (Lipinski definition) is 0. The average Bonchev–Trinajstić information content (AvgIpc) is 2.70. The molecular formula is C23H25N3O2. The van der Waals surface area contributed by atoms with Crippen LogP contribution in [0.1, 0.15) is 41.4 Å². The number of carbonyl (C=O) groups excluding carboxylic acids is 1. The van der Waals surface area contributed by atoms with Crippen LogP contribution in [0.15, 0.2) is 47.6 Å². The monoisotopic (exact) mass is 375 g/mol. The van der Waals surface area contributed by atoms with Crippen molar-refractivity contribution < 1.29 is 9.53 Å². The molecule has 1 aromatic heterocycles. The fraction of sp³-hybridized carbons (Fsp3) is 0.348. The summed E-state index contributed by atoms with van der Waals surface area (Å²) in [6.07, 6.45) is 4.40. The van der Waals surface area contributed by atoms with Gasteiger partial charge in [0.2, 0.25) is 0 Å². The molecule has 1 atom stereocenters. The molecular weight excluding hydrogens is 350 g/mol. The van der Waals surface area contributed by atoms with Gasteiger partial charge in [0.15, 0.2) is 6.29 Å². The fourth-order valence-corrected chi connectivity index (χ4v) is 3.48. The fourth-order valence-electron chi connectivity index (χ4n) is 3.48. The first-order valence-corrected chi connectivity index (χ1v) is 9.33. The van der Waals surface area contributed by atoms with Crippen molar-refractivity contribution in [1.82, 2.24) is 9.88 Å². The lowest BCUT2D eigenvalue weighted by atomic mass is 9.82. The molecule has 2 aromatic rings. The van der Waals surface area contributed by atoms with E-state index in [1.807, 2.05) is 37.4 Å². The molecule has 0 spiro atoms. The van der Waals surface area contributed by atoms with Gasteiger partial charge < -0.3 is 9.64 Å². The molecule has 1 aliphatic heterocycles. The Bertz CT molecular complexity index is 928. The molecule has 5 heteroatoms. The van der Waals surface area contributed by atoms with E-state index in [9.17, 15) is 4.79 Å². The van der Waals surface area contributed by atoms with Crippen LogP contribution < -0.4 is 0 Å². The topological polar surface area (TPSA) is 54.8 Å². The Labute approximate surface area is 166 Å². The zero-order valence-corrected chi connectivity index (χ0v) is 16.6. The summed E-state index contributed by atoms with van der Waals surface area (Å²) in [5, 5.41) is 0. The smallest absolute Gasteiger partial charge is 0.152 e. The summed E-state index contributed by atoms with van der Waals surface area (Å²) in [4.78, 5) is 22.6. The summed E-state index contributed by atoms with van der Waals surface area (Å²) in [6, 6.07) is 11.1. The molecule has 28 heavy (non-hydrogen) atoms. The lowest BCUT2D eigenvalue weighted by molar-refractivity contribution is 0.0633. The quantitative estimate of drug-likeness (QED) is 0.604. The van der Waals surface area contributed by atoms with E-state index in [1.165, 1.54) is 0 Å². The third-order valence-corrected chi connectivity index (χ3v) is 4.91. The van der Waals surface area contributed by atoms with E-state index in [4.69, 9.17) is 9.73 Å². The second kappa shape index (κ2) is 8.81. The molecule has 1 aliphatic rings. The minimum atomic E-state index is 0.117. The van der Waals surface area contributed by atoms with E-state index in [0.717, 1.165) is 43.7 Å². The van der Waals surface area contributed by atoms with E-state index < -0.39 is 0 Å². The lowest BCUT2D eigenvalue weighted by Crippen LogP contribution is -2.45. The number of aliphatic imine (C=N–C) groups is 1. The normalized spacial score (nSPS) is 20.5. The van der Waals surface area contributed by atoms with Crippen molar-refractivity contribution in [2.24, 2.45) is 10.4 Å². The van der Waals surface area contributed by atoms with Crippen LogP contribution in [0.4, 0.5) is 5.69 Å². The third kappa shape index (κ3) is 4.85. The predicted molar refractivity (Wildman–Crippen MR) is 111 cm³/mol. The summed E-state index contributed by atoms with van der Waals surface area (Å²) in [7, 11) is 3.78. The summed E-state index contributed by atoms with van der Waals surface area (Å²) in [6.45, 7) is 3.83. The molecule has 0 bridgehead atoms. The first kappa shape index (κ1) is 19.8. The number of piperidine rings is 1. The van der Waals surface area contributed by atoms with Crippen molar-refractivity contribution in [2.45, 2.75) is 19.8 Å². The number of hydrogen-bond acceptors (Lipinski definition) is 4. The zero-order valence-electron chi connectivity index (χ0n) is 16.6. The molecule has 1 fully saturated rings. The maximum absolute atomic E-state index is 11.5. The predicted octanol–water partition coefficient (Wildman–Crippen LogP) is 3.70. The molecule has 5 nitrogen and oxygen atoms in total. The van der Waals surface area contributed by atoms with Gasteiger partial charge in [-0.3, -0.25) is 4.79 Å². The number of pyridine rings is 1. The Kier molecular flexibility index (Phi) is 6.23. The van der Waals surface area contributed by atoms with Crippen molar-refractivity contribution in [3.63, 3.8) is 0 Å². The van der Waals surface area contributed by atoms with Crippen LogP contribution in [-0.4, -0.2) is 49.3 Å². The molecule has 144 valence electrons. The second-order valence-electron chi connectivity index (χ2n) is 7.48. The number of rotatable bonds is 4. The third-order valence-electron chi connectivity index (χ3n) is 4.91. The van der Waals surface area contributed by atoms with Crippen molar-refractivity contribution in [3.05, 3.63) is 59.4 Å². The molecule has 0 saturated carbocycles. The maximum atomic E-state index is 11.5. The molecule has 3 rings (SSSR count). The first-order chi connectivity index (χ1) is 13.5. The molecule has 1 unspecified atom stereocenters. The van der Waals surface area contributed by atoms with E-state index in [1.54, 1.807) is 19.4 Å². The lowest BCUT2D eigenvalue weighted by Gasteiger charge is -2.40. The standard InChI is InChI=1S/C23H25N3O2/c1-23(17-28-3)12-11-22(26(2)16-23)25-21-14-18(7-9-19(21)15-27)8-10-20-6-4-5-13-24-20/h4-7,9,13-15H,11-12,16-17H2,1-3H3. The van der Waals surface area contributed by atoms with Crippen LogP contribution in [0.3, 0.4) is 0 Å². The Morgan fingerprint density at radius 3 is 2.86 bits per heavy atom. The van der Waals surface area contributed by atoms with Crippen molar-refractivity contribution in [1.29, 1.82) is 0 Å². The van der Waals surface area contributed by atoms with Crippen molar-refractivity contribution in [3.8, 4) is 11.8 Å². The van der Waals surface area contributed by atoms with Crippen molar-refractivity contribution in [2.75, 3.05) is 27.3 Å². The minimum Gasteiger partial charge on any atom is -0.384 e. The number of nitrogens with zero attached hydrogens (tertiary/aromatic N) is 3. The highest BCUT2D eigenvalue weighted by Gasteiger charge is 2.32. The van der Waals surface area contributed by atoms with E-state index in [0.29, 0.717) is 16.9 Å². The van der Waals surface area contributed by atoms with Crippen LogP contribution >= 0.6 is 0 Å². The molecule has 0 amide bonds. The van der Waals surface area contributed by atoms with Gasteiger partial charge in [-0.25, -0.2) is 9.98 Å². The number of aldehydes is 1. The SMILES string of the molecule is COCC1(C)CCC(=Nc2cc(C#Cc3ccccn3)ccc2C=O)N(C)C1. The van der Waals surface area contributed by atoms with Gasteiger partial charge in [-0.05, 0) is 42.7 Å². The Morgan fingerprint density at radius 1 is 1.32 bits per heavy atom. The van der Waals surface area contributed by atoms with E-state index in [-0.39, 0.29) is 5.41 Å². The number of carbonyl (C=O) groups is 1. The summed E-state index contributed by atoms with van der Waals surface area (Å²) >= 11 is 0. The Hall–Kier alpha value is -2.97. The molecule has 0 aliphatic carbocycles. The molecule has 0 N–H and O–H groups in total. The van der Waals surface area contributed by atoms with Crippen LogP contribution in [-0.2, 0) is 4.74 Å². The summed E-state index contributed by atoms with van der Waals surface area (Å²) in [5.74, 6) is 7.12. The highest BCUT2D eigenvalue weighted by Crippen LogP contribution is 2.31. The number of methoxy groups -OCH3 is 1. The van der Waals surface area contributed by atoms with Crippen LogP contribution in [0, 0.1) is 17.3 Å². The highest BCUT2D eigenvalue weighted by atomic mass is 16.5. The highest BCUT2D eigenvalue weighted by molar-refractivity contribution is 5.90. The number of benzene rings is 1. The van der Waals surface area contributed by atoms with Gasteiger partial charge in [-0.2, -0.15) is 0 Å². The number of ether oxygens (including phenoxy) is 1. The largest absolute Gasteiger partial charge is 0.384 e.